The van der Waals surface area contributed by atoms with Crippen molar-refractivity contribution in [2.45, 2.75) is 12.2 Å². The average Bonchev–Trinajstić information content (AvgIpc) is 2.44. The summed E-state index contributed by atoms with van der Waals surface area (Å²) in [6, 6.07) is 4.90. The molecule has 2 atom stereocenters. The first kappa shape index (κ1) is 13.0. The van der Waals surface area contributed by atoms with E-state index in [1.807, 2.05) is 0 Å². The summed E-state index contributed by atoms with van der Waals surface area (Å²) in [4.78, 5) is 10.4. The van der Waals surface area contributed by atoms with Crippen molar-refractivity contribution in [2.24, 2.45) is 5.11 Å². The molecule has 8 heteroatoms. The van der Waals surface area contributed by atoms with Gasteiger partial charge >= 0.3 is 0 Å². The first-order valence-corrected chi connectivity index (χ1v) is 5.50. The van der Waals surface area contributed by atoms with Gasteiger partial charge in [-0.25, -0.2) is 9.97 Å². The van der Waals surface area contributed by atoms with Gasteiger partial charge in [-0.2, -0.15) is 0 Å². The van der Waals surface area contributed by atoms with Gasteiger partial charge in [-0.05, 0) is 23.2 Å². The Labute approximate surface area is 108 Å². The van der Waals surface area contributed by atoms with Crippen LogP contribution in [0.2, 0.25) is 0 Å². The maximum Gasteiger partial charge on any atom is 0.134 e. The zero-order valence-electron chi connectivity index (χ0n) is 9.88. The highest BCUT2D eigenvalue weighted by Gasteiger charge is 2.18. The molecule has 2 aromatic rings. The van der Waals surface area contributed by atoms with Gasteiger partial charge in [0.15, 0.2) is 0 Å². The van der Waals surface area contributed by atoms with Crippen LogP contribution in [0.1, 0.15) is 11.7 Å². The number of benzene rings is 1. The lowest BCUT2D eigenvalue weighted by Crippen LogP contribution is -2.21. The van der Waals surface area contributed by atoms with Gasteiger partial charge in [0.25, 0.3) is 0 Å². The standard InChI is InChI=1S/C11H12N6O2/c12-11-7-3-6(1-2-8(7)14-5-15-11)10(19)9(18)4-16-17-13/h1-3,5,9-10,18-19H,4H2,(H2,12,14,15). The number of aromatic nitrogens is 2. The number of anilines is 1. The van der Waals surface area contributed by atoms with Crippen molar-refractivity contribution in [3.8, 4) is 0 Å². The van der Waals surface area contributed by atoms with Crippen molar-refractivity contribution in [3.63, 3.8) is 0 Å². The van der Waals surface area contributed by atoms with Crippen LogP contribution in [0, 0.1) is 0 Å². The highest BCUT2D eigenvalue weighted by atomic mass is 16.3. The molecular formula is C11H12N6O2. The molecule has 2 unspecified atom stereocenters. The third kappa shape index (κ3) is 2.71. The molecule has 0 spiro atoms. The fraction of sp³-hybridized carbons (Fsp3) is 0.273. The second-order valence-electron chi connectivity index (χ2n) is 3.96. The van der Waals surface area contributed by atoms with Gasteiger partial charge in [-0.3, -0.25) is 0 Å². The summed E-state index contributed by atoms with van der Waals surface area (Å²) < 4.78 is 0. The summed E-state index contributed by atoms with van der Waals surface area (Å²) in [5, 5.41) is 23.4. The molecule has 0 radical (unpaired) electrons. The Kier molecular flexibility index (Phi) is 3.76. The van der Waals surface area contributed by atoms with Crippen LogP contribution in [0.3, 0.4) is 0 Å². The van der Waals surface area contributed by atoms with E-state index in [1.165, 1.54) is 6.33 Å². The number of hydrogen-bond acceptors (Lipinski definition) is 6. The summed E-state index contributed by atoms with van der Waals surface area (Å²) in [5.74, 6) is 0.295. The molecule has 0 aliphatic heterocycles. The second-order valence-corrected chi connectivity index (χ2v) is 3.96. The number of azide groups is 1. The number of aliphatic hydroxyl groups excluding tert-OH is 2. The van der Waals surface area contributed by atoms with E-state index in [-0.39, 0.29) is 6.54 Å². The number of fused-ring (bicyclic) bond motifs is 1. The molecule has 19 heavy (non-hydrogen) atoms. The van der Waals surface area contributed by atoms with E-state index in [0.717, 1.165) is 0 Å². The topological polar surface area (TPSA) is 141 Å². The number of hydrogen-bond donors (Lipinski definition) is 3. The highest BCUT2D eigenvalue weighted by Crippen LogP contribution is 2.24. The zero-order chi connectivity index (χ0) is 13.8. The van der Waals surface area contributed by atoms with Gasteiger partial charge in [-0.1, -0.05) is 11.2 Å². The summed E-state index contributed by atoms with van der Waals surface area (Å²) in [7, 11) is 0. The van der Waals surface area contributed by atoms with Crippen molar-refractivity contribution in [1.29, 1.82) is 0 Å². The summed E-state index contributed by atoms with van der Waals surface area (Å²) in [6.07, 6.45) is -1.00. The van der Waals surface area contributed by atoms with Crippen LogP contribution in [-0.2, 0) is 0 Å². The minimum absolute atomic E-state index is 0.212. The van der Waals surface area contributed by atoms with E-state index in [1.54, 1.807) is 18.2 Å². The smallest absolute Gasteiger partial charge is 0.134 e. The number of nitrogen functional groups attached to an aromatic ring is 1. The molecule has 98 valence electrons. The Balaban J connectivity index is 2.34. The molecule has 0 aliphatic carbocycles. The fourth-order valence-electron chi connectivity index (χ4n) is 1.72. The van der Waals surface area contributed by atoms with Crippen molar-refractivity contribution in [3.05, 3.63) is 40.5 Å². The maximum atomic E-state index is 9.95. The predicted octanol–water partition coefficient (Wildman–Crippen LogP) is 0.917. The molecule has 0 saturated heterocycles. The van der Waals surface area contributed by atoms with Crippen LogP contribution < -0.4 is 5.73 Å². The minimum Gasteiger partial charge on any atom is -0.390 e. The molecule has 0 bridgehead atoms. The van der Waals surface area contributed by atoms with Crippen LogP contribution in [0.15, 0.2) is 29.6 Å². The Morgan fingerprint density at radius 3 is 2.89 bits per heavy atom. The Morgan fingerprint density at radius 1 is 1.37 bits per heavy atom. The normalized spacial score (nSPS) is 13.8. The van der Waals surface area contributed by atoms with Crippen molar-refractivity contribution >= 4 is 16.7 Å². The molecule has 0 aliphatic rings. The van der Waals surface area contributed by atoms with Gasteiger partial charge in [0.05, 0.1) is 18.2 Å². The molecule has 4 N–H and O–H groups in total. The van der Waals surface area contributed by atoms with Crippen LogP contribution >= 0.6 is 0 Å². The third-order valence-corrected chi connectivity index (χ3v) is 2.73. The fourth-order valence-corrected chi connectivity index (χ4v) is 1.72. The molecule has 0 saturated carbocycles. The first-order valence-electron chi connectivity index (χ1n) is 5.50. The SMILES string of the molecule is [N-]=[N+]=NCC(O)C(O)c1ccc2ncnc(N)c2c1. The van der Waals surface area contributed by atoms with Gasteiger partial charge in [0, 0.05) is 10.3 Å². The lowest BCUT2D eigenvalue weighted by atomic mass is 10.0. The molecule has 0 fully saturated rings. The van der Waals surface area contributed by atoms with Gasteiger partial charge in [-0.15, -0.1) is 0 Å². The molecule has 0 amide bonds. The number of rotatable bonds is 4. The predicted molar refractivity (Wildman–Crippen MR) is 68.9 cm³/mol. The summed E-state index contributed by atoms with van der Waals surface area (Å²) in [6.45, 7) is -0.212. The monoisotopic (exact) mass is 260 g/mol. The lowest BCUT2D eigenvalue weighted by Gasteiger charge is -2.16. The average molecular weight is 260 g/mol. The molecule has 1 heterocycles. The number of nitrogens with two attached hydrogens (primary N) is 1. The first-order chi connectivity index (χ1) is 9.13. The molecular weight excluding hydrogens is 248 g/mol. The van der Waals surface area contributed by atoms with E-state index in [0.29, 0.717) is 22.3 Å². The largest absolute Gasteiger partial charge is 0.390 e. The van der Waals surface area contributed by atoms with E-state index in [9.17, 15) is 10.2 Å². The molecule has 8 nitrogen and oxygen atoms in total. The second kappa shape index (κ2) is 5.49. The Bertz CT molecular complexity index is 640. The van der Waals surface area contributed by atoms with Crippen LogP contribution in [0.4, 0.5) is 5.82 Å². The quantitative estimate of drug-likeness (QED) is 0.425. The Hall–Kier alpha value is -2.41. The lowest BCUT2D eigenvalue weighted by molar-refractivity contribution is 0.0245. The van der Waals surface area contributed by atoms with Crippen molar-refractivity contribution < 1.29 is 10.2 Å². The van der Waals surface area contributed by atoms with E-state index >= 15 is 0 Å². The van der Waals surface area contributed by atoms with Gasteiger partial charge in [0.1, 0.15) is 18.2 Å². The van der Waals surface area contributed by atoms with Crippen LogP contribution in [0.5, 0.6) is 0 Å². The van der Waals surface area contributed by atoms with E-state index in [4.69, 9.17) is 11.3 Å². The highest BCUT2D eigenvalue weighted by molar-refractivity contribution is 5.88. The molecule has 2 rings (SSSR count). The van der Waals surface area contributed by atoms with Crippen molar-refractivity contribution in [2.75, 3.05) is 12.3 Å². The minimum atomic E-state index is -1.18. The molecule has 1 aromatic carbocycles. The zero-order valence-corrected chi connectivity index (χ0v) is 9.88. The molecule has 1 aromatic heterocycles. The van der Waals surface area contributed by atoms with Crippen LogP contribution in [0.25, 0.3) is 21.3 Å². The number of aliphatic hydroxyl groups is 2. The van der Waals surface area contributed by atoms with Crippen LogP contribution in [-0.4, -0.2) is 32.8 Å². The third-order valence-electron chi connectivity index (χ3n) is 2.73. The maximum absolute atomic E-state index is 9.95. The van der Waals surface area contributed by atoms with Gasteiger partial charge < -0.3 is 15.9 Å². The Morgan fingerprint density at radius 2 is 2.16 bits per heavy atom. The summed E-state index contributed by atoms with van der Waals surface area (Å²) in [5.41, 5.74) is 15.0. The van der Waals surface area contributed by atoms with E-state index in [2.05, 4.69) is 20.0 Å². The van der Waals surface area contributed by atoms with Gasteiger partial charge in [0.2, 0.25) is 0 Å². The van der Waals surface area contributed by atoms with E-state index < -0.39 is 12.2 Å². The summed E-state index contributed by atoms with van der Waals surface area (Å²) >= 11 is 0. The number of nitrogens with zero attached hydrogens (tertiary/aromatic N) is 5. The van der Waals surface area contributed by atoms with Crippen molar-refractivity contribution in [1.82, 2.24) is 9.97 Å².